The Bertz CT molecular complexity index is 1130. The summed E-state index contributed by atoms with van der Waals surface area (Å²) in [5, 5.41) is 10.4. The van der Waals surface area contributed by atoms with Gasteiger partial charge >= 0.3 is 0 Å². The highest BCUT2D eigenvalue weighted by Gasteiger charge is 2.12. The van der Waals surface area contributed by atoms with Crippen molar-refractivity contribution in [2.24, 2.45) is 4.99 Å². The number of hydrogen-bond acceptors (Lipinski definition) is 6. The monoisotopic (exact) mass is 374 g/mol. The van der Waals surface area contributed by atoms with Crippen LogP contribution in [0.3, 0.4) is 0 Å². The number of phenolic OH excluding ortho intramolecular Hbond substituents is 1. The fourth-order valence-electron chi connectivity index (χ4n) is 2.85. The van der Waals surface area contributed by atoms with Crippen molar-refractivity contribution in [2.75, 3.05) is 14.2 Å². The Kier molecular flexibility index (Phi) is 4.68. The number of fused-ring (bicyclic) bond motifs is 1. The van der Waals surface area contributed by atoms with Crippen LogP contribution in [0.5, 0.6) is 17.2 Å². The number of aromatic hydroxyl groups is 1. The number of oxazole rings is 1. The van der Waals surface area contributed by atoms with E-state index in [2.05, 4.69) is 9.98 Å². The van der Waals surface area contributed by atoms with Crippen LogP contribution in [0.4, 0.5) is 5.69 Å². The second-order valence-electron chi connectivity index (χ2n) is 6.06. The summed E-state index contributed by atoms with van der Waals surface area (Å²) >= 11 is 0. The number of aromatic nitrogens is 1. The van der Waals surface area contributed by atoms with Crippen molar-refractivity contribution in [3.8, 4) is 28.7 Å². The maximum atomic E-state index is 10.4. The van der Waals surface area contributed by atoms with Crippen molar-refractivity contribution in [3.63, 3.8) is 0 Å². The maximum absolute atomic E-state index is 10.4. The van der Waals surface area contributed by atoms with Crippen molar-refractivity contribution in [1.29, 1.82) is 0 Å². The van der Waals surface area contributed by atoms with Gasteiger partial charge in [-0.1, -0.05) is 12.1 Å². The number of ether oxygens (including phenoxy) is 2. The molecular formula is C22H18N2O4. The molecule has 1 N–H and O–H groups in total. The first-order valence-electron chi connectivity index (χ1n) is 8.63. The summed E-state index contributed by atoms with van der Waals surface area (Å²) in [4.78, 5) is 8.82. The maximum Gasteiger partial charge on any atom is 0.231 e. The highest BCUT2D eigenvalue weighted by Crippen LogP contribution is 2.34. The molecule has 3 aromatic carbocycles. The van der Waals surface area contributed by atoms with Crippen molar-refractivity contribution >= 4 is 23.0 Å². The lowest BCUT2D eigenvalue weighted by Crippen LogP contribution is -1.91. The number of methoxy groups -OCH3 is 2. The Morgan fingerprint density at radius 1 is 0.964 bits per heavy atom. The smallest absolute Gasteiger partial charge is 0.231 e. The predicted molar refractivity (Wildman–Crippen MR) is 108 cm³/mol. The second kappa shape index (κ2) is 7.44. The first-order chi connectivity index (χ1) is 13.7. The Balaban J connectivity index is 1.60. The van der Waals surface area contributed by atoms with Crippen LogP contribution in [-0.2, 0) is 0 Å². The van der Waals surface area contributed by atoms with E-state index < -0.39 is 0 Å². The highest BCUT2D eigenvalue weighted by atomic mass is 16.5. The molecule has 1 aromatic heterocycles. The van der Waals surface area contributed by atoms with E-state index >= 15 is 0 Å². The SMILES string of the molecule is COc1ccc(C=Nc2ccc(-c3nc4ccccc4o3)c(O)c2)cc1OC. The van der Waals surface area contributed by atoms with Crippen molar-refractivity contribution in [3.05, 3.63) is 66.2 Å². The summed E-state index contributed by atoms with van der Waals surface area (Å²) in [6.45, 7) is 0. The van der Waals surface area contributed by atoms with E-state index in [0.29, 0.717) is 34.2 Å². The number of benzene rings is 3. The Morgan fingerprint density at radius 2 is 1.79 bits per heavy atom. The summed E-state index contributed by atoms with van der Waals surface area (Å²) in [6.07, 6.45) is 1.69. The minimum absolute atomic E-state index is 0.0496. The molecule has 140 valence electrons. The topological polar surface area (TPSA) is 77.1 Å². The zero-order valence-electron chi connectivity index (χ0n) is 15.4. The normalized spacial score (nSPS) is 11.2. The summed E-state index contributed by atoms with van der Waals surface area (Å²) in [5.74, 6) is 1.70. The van der Waals surface area contributed by atoms with Gasteiger partial charge in [-0.2, -0.15) is 0 Å². The van der Waals surface area contributed by atoms with Crippen LogP contribution in [0.2, 0.25) is 0 Å². The minimum atomic E-state index is 0.0496. The van der Waals surface area contributed by atoms with Crippen LogP contribution >= 0.6 is 0 Å². The molecule has 0 fully saturated rings. The number of aliphatic imine (C=N–C) groups is 1. The number of nitrogens with zero attached hydrogens (tertiary/aromatic N) is 2. The largest absolute Gasteiger partial charge is 0.507 e. The molecule has 0 aliphatic heterocycles. The van der Waals surface area contributed by atoms with Crippen LogP contribution in [0, 0.1) is 0 Å². The Labute approximate surface area is 161 Å². The molecule has 6 heteroatoms. The van der Waals surface area contributed by atoms with Crippen LogP contribution < -0.4 is 9.47 Å². The molecule has 0 saturated carbocycles. The second-order valence-corrected chi connectivity index (χ2v) is 6.06. The standard InChI is InChI=1S/C22H18N2O4/c1-26-20-10-7-14(11-21(20)27-2)13-23-15-8-9-16(18(25)12-15)22-24-17-5-3-4-6-19(17)28-22/h3-13,25H,1-2H3. The molecule has 0 atom stereocenters. The van der Waals surface area contributed by atoms with E-state index in [-0.39, 0.29) is 5.75 Å². The number of phenols is 1. The van der Waals surface area contributed by atoms with E-state index in [0.717, 1.165) is 11.1 Å². The van der Waals surface area contributed by atoms with Gasteiger partial charge in [-0.25, -0.2) is 4.98 Å². The lowest BCUT2D eigenvalue weighted by atomic mass is 10.1. The molecular weight excluding hydrogens is 356 g/mol. The van der Waals surface area contributed by atoms with Gasteiger partial charge in [-0.05, 0) is 48.0 Å². The van der Waals surface area contributed by atoms with Crippen molar-refractivity contribution in [2.45, 2.75) is 0 Å². The molecule has 6 nitrogen and oxygen atoms in total. The molecule has 0 radical (unpaired) electrons. The van der Waals surface area contributed by atoms with E-state index in [1.54, 1.807) is 38.6 Å². The van der Waals surface area contributed by atoms with Gasteiger partial charge in [0.05, 0.1) is 25.5 Å². The summed E-state index contributed by atoms with van der Waals surface area (Å²) in [5.41, 5.74) is 3.38. The Hall–Kier alpha value is -3.80. The fourth-order valence-corrected chi connectivity index (χ4v) is 2.85. The summed E-state index contributed by atoms with van der Waals surface area (Å²) in [6, 6.07) is 18.1. The lowest BCUT2D eigenvalue weighted by Gasteiger charge is -2.07. The van der Waals surface area contributed by atoms with Crippen LogP contribution in [0.15, 0.2) is 70.1 Å². The van der Waals surface area contributed by atoms with E-state index in [4.69, 9.17) is 13.9 Å². The van der Waals surface area contributed by atoms with E-state index in [9.17, 15) is 5.11 Å². The van der Waals surface area contributed by atoms with Gasteiger partial charge in [0.15, 0.2) is 17.1 Å². The number of para-hydroxylation sites is 2. The fraction of sp³-hybridized carbons (Fsp3) is 0.0909. The summed E-state index contributed by atoms with van der Waals surface area (Å²) < 4.78 is 16.2. The third-order valence-electron chi connectivity index (χ3n) is 4.28. The van der Waals surface area contributed by atoms with Crippen LogP contribution in [-0.4, -0.2) is 30.5 Å². The minimum Gasteiger partial charge on any atom is -0.507 e. The average molecular weight is 374 g/mol. The third kappa shape index (κ3) is 3.40. The molecule has 4 rings (SSSR count). The van der Waals surface area contributed by atoms with Crippen LogP contribution in [0.25, 0.3) is 22.6 Å². The van der Waals surface area contributed by atoms with Gasteiger partial charge in [0.1, 0.15) is 11.3 Å². The first kappa shape index (κ1) is 17.6. The lowest BCUT2D eigenvalue weighted by molar-refractivity contribution is 0.355. The summed E-state index contributed by atoms with van der Waals surface area (Å²) in [7, 11) is 3.18. The zero-order valence-corrected chi connectivity index (χ0v) is 15.4. The van der Waals surface area contributed by atoms with Crippen molar-refractivity contribution < 1.29 is 19.0 Å². The Morgan fingerprint density at radius 3 is 2.54 bits per heavy atom. The zero-order chi connectivity index (χ0) is 19.5. The molecule has 0 spiro atoms. The van der Waals surface area contributed by atoms with Gasteiger partial charge in [-0.3, -0.25) is 4.99 Å². The van der Waals surface area contributed by atoms with Crippen LogP contribution in [0.1, 0.15) is 5.56 Å². The average Bonchev–Trinajstić information content (AvgIpc) is 3.15. The molecule has 28 heavy (non-hydrogen) atoms. The van der Waals surface area contributed by atoms with E-state index in [1.165, 1.54) is 0 Å². The predicted octanol–water partition coefficient (Wildman–Crippen LogP) is 4.97. The van der Waals surface area contributed by atoms with Gasteiger partial charge < -0.3 is 19.0 Å². The molecule has 0 unspecified atom stereocenters. The quantitative estimate of drug-likeness (QED) is 0.499. The van der Waals surface area contributed by atoms with Gasteiger partial charge in [0, 0.05) is 12.3 Å². The number of rotatable bonds is 5. The van der Waals surface area contributed by atoms with Crippen molar-refractivity contribution in [1.82, 2.24) is 4.98 Å². The molecule has 0 bridgehead atoms. The molecule has 0 amide bonds. The van der Waals surface area contributed by atoms with E-state index in [1.807, 2.05) is 42.5 Å². The molecule has 0 aliphatic carbocycles. The van der Waals surface area contributed by atoms with Gasteiger partial charge in [-0.15, -0.1) is 0 Å². The first-order valence-corrected chi connectivity index (χ1v) is 8.63. The third-order valence-corrected chi connectivity index (χ3v) is 4.28. The molecule has 4 aromatic rings. The number of hydrogen-bond donors (Lipinski definition) is 1. The highest BCUT2D eigenvalue weighted by molar-refractivity contribution is 5.84. The molecule has 1 heterocycles. The van der Waals surface area contributed by atoms with Gasteiger partial charge in [0.25, 0.3) is 0 Å². The molecule has 0 aliphatic rings. The molecule has 0 saturated heterocycles. The van der Waals surface area contributed by atoms with Gasteiger partial charge in [0.2, 0.25) is 5.89 Å².